The highest BCUT2D eigenvalue weighted by Gasteiger charge is 2.53. The Balaban J connectivity index is 1.66. The molecule has 98 valence electrons. The first-order valence-electron chi connectivity index (χ1n) is 6.75. The third-order valence-corrected chi connectivity index (χ3v) is 5.50. The van der Waals surface area contributed by atoms with Crippen LogP contribution in [0.3, 0.4) is 0 Å². The molecular weight excluding hydrogens is 298 g/mol. The van der Waals surface area contributed by atoms with Crippen molar-refractivity contribution in [3.8, 4) is 0 Å². The number of hydrogen-bond donors (Lipinski definition) is 0. The Bertz CT molecular complexity index is 434. The van der Waals surface area contributed by atoms with Crippen molar-refractivity contribution in [1.29, 1.82) is 0 Å². The lowest BCUT2D eigenvalue weighted by molar-refractivity contribution is 0.480. The van der Waals surface area contributed by atoms with Gasteiger partial charge in [0.1, 0.15) is 11.6 Å². The number of alkyl halides is 1. The molecule has 1 aromatic carbocycles. The van der Waals surface area contributed by atoms with Crippen molar-refractivity contribution in [3.05, 3.63) is 35.4 Å². The van der Waals surface area contributed by atoms with Crippen LogP contribution in [-0.2, 0) is 6.42 Å². The molecule has 2 aliphatic carbocycles. The Hall–Kier alpha value is -0.440. The molecule has 0 amide bonds. The summed E-state index contributed by atoms with van der Waals surface area (Å²) in [6.07, 6.45) is 6.04. The monoisotopic (exact) mass is 314 g/mol. The average molecular weight is 315 g/mol. The molecule has 0 aromatic heterocycles. The van der Waals surface area contributed by atoms with Crippen LogP contribution in [-0.4, -0.2) is 4.83 Å². The van der Waals surface area contributed by atoms with Crippen molar-refractivity contribution in [2.45, 2.75) is 36.9 Å². The average Bonchev–Trinajstić information content (AvgIpc) is 3.07. The van der Waals surface area contributed by atoms with Crippen molar-refractivity contribution in [3.63, 3.8) is 0 Å². The van der Waals surface area contributed by atoms with E-state index >= 15 is 0 Å². The summed E-state index contributed by atoms with van der Waals surface area (Å²) in [5, 5.41) is 0. The van der Waals surface area contributed by atoms with Crippen molar-refractivity contribution in [2.75, 3.05) is 0 Å². The second-order valence-corrected chi connectivity index (χ2v) is 6.82. The minimum absolute atomic E-state index is 0.338. The Labute approximate surface area is 115 Å². The van der Waals surface area contributed by atoms with Gasteiger partial charge < -0.3 is 0 Å². The molecule has 3 rings (SSSR count). The zero-order chi connectivity index (χ0) is 12.7. The number of fused-ring (bicyclic) bond motifs is 1. The van der Waals surface area contributed by atoms with Gasteiger partial charge >= 0.3 is 0 Å². The maximum absolute atomic E-state index is 13.6. The zero-order valence-corrected chi connectivity index (χ0v) is 11.8. The van der Waals surface area contributed by atoms with Gasteiger partial charge in [-0.3, -0.25) is 0 Å². The first-order chi connectivity index (χ1) is 8.66. The number of halogens is 3. The van der Waals surface area contributed by atoms with Crippen LogP contribution in [0.5, 0.6) is 0 Å². The summed E-state index contributed by atoms with van der Waals surface area (Å²) in [4.78, 5) is 0.338. The lowest BCUT2D eigenvalue weighted by Gasteiger charge is -2.10. The van der Waals surface area contributed by atoms with Crippen molar-refractivity contribution >= 4 is 15.9 Å². The molecule has 0 nitrogen and oxygen atoms in total. The van der Waals surface area contributed by atoms with Crippen LogP contribution < -0.4 is 0 Å². The minimum Gasteiger partial charge on any atom is -0.207 e. The van der Waals surface area contributed by atoms with Crippen molar-refractivity contribution in [1.82, 2.24) is 0 Å². The van der Waals surface area contributed by atoms with Crippen molar-refractivity contribution in [2.24, 2.45) is 17.8 Å². The lowest BCUT2D eigenvalue weighted by Crippen LogP contribution is -2.09. The van der Waals surface area contributed by atoms with Gasteiger partial charge in [0.25, 0.3) is 0 Å². The van der Waals surface area contributed by atoms with Gasteiger partial charge in [0, 0.05) is 10.9 Å². The van der Waals surface area contributed by atoms with Gasteiger partial charge in [0.2, 0.25) is 0 Å². The molecule has 3 atom stereocenters. The summed E-state index contributed by atoms with van der Waals surface area (Å²) >= 11 is 3.72. The number of rotatable bonds is 3. The summed E-state index contributed by atoms with van der Waals surface area (Å²) in [5.41, 5.74) is 0.627. The molecule has 0 spiro atoms. The molecule has 2 aliphatic rings. The van der Waals surface area contributed by atoms with Crippen LogP contribution in [0.2, 0.25) is 0 Å². The van der Waals surface area contributed by atoms with Crippen LogP contribution in [0.15, 0.2) is 18.2 Å². The molecule has 1 aromatic rings. The first-order valence-corrected chi connectivity index (χ1v) is 7.66. The van der Waals surface area contributed by atoms with Gasteiger partial charge in [0.05, 0.1) is 0 Å². The van der Waals surface area contributed by atoms with Crippen LogP contribution in [0.4, 0.5) is 8.78 Å². The molecule has 0 N–H and O–H groups in total. The van der Waals surface area contributed by atoms with Gasteiger partial charge in [0.15, 0.2) is 0 Å². The predicted molar refractivity (Wildman–Crippen MR) is 71.7 cm³/mol. The fourth-order valence-electron chi connectivity index (χ4n) is 3.62. The first kappa shape index (κ1) is 12.6. The Morgan fingerprint density at radius 2 is 1.83 bits per heavy atom. The molecule has 0 aliphatic heterocycles. The fraction of sp³-hybridized carbons (Fsp3) is 0.600. The lowest BCUT2D eigenvalue weighted by atomic mass is 10.0. The Morgan fingerprint density at radius 1 is 1.17 bits per heavy atom. The Kier molecular flexibility index (Phi) is 3.44. The second-order valence-electron chi connectivity index (χ2n) is 5.65. The molecule has 18 heavy (non-hydrogen) atoms. The van der Waals surface area contributed by atoms with Crippen LogP contribution >= 0.6 is 15.9 Å². The fourth-order valence-corrected chi connectivity index (χ4v) is 4.75. The van der Waals surface area contributed by atoms with E-state index in [1.807, 2.05) is 0 Å². The van der Waals surface area contributed by atoms with Gasteiger partial charge in [-0.2, -0.15) is 0 Å². The zero-order valence-electron chi connectivity index (χ0n) is 10.2. The van der Waals surface area contributed by atoms with Crippen LogP contribution in [0, 0.1) is 29.4 Å². The maximum atomic E-state index is 13.6. The van der Waals surface area contributed by atoms with Crippen molar-refractivity contribution < 1.29 is 8.78 Å². The van der Waals surface area contributed by atoms with E-state index < -0.39 is 11.6 Å². The standard InChI is InChI=1S/C15H17BrF2/c16-13(15-11-3-1-2-4-12(11)15)7-9-5-6-10(17)8-14(9)18/h5-6,8,11-13,15H,1-4,7H2. The smallest absolute Gasteiger partial charge is 0.129 e. The van der Waals surface area contributed by atoms with Gasteiger partial charge in [-0.05, 0) is 48.6 Å². The summed E-state index contributed by atoms with van der Waals surface area (Å²) in [6, 6.07) is 3.90. The molecule has 3 unspecified atom stereocenters. The summed E-state index contributed by atoms with van der Waals surface area (Å²) < 4.78 is 26.4. The van der Waals surface area contributed by atoms with Gasteiger partial charge in [-0.15, -0.1) is 0 Å². The highest BCUT2D eigenvalue weighted by Crippen LogP contribution is 2.58. The largest absolute Gasteiger partial charge is 0.207 e. The third-order valence-electron chi connectivity index (χ3n) is 4.57. The quantitative estimate of drug-likeness (QED) is 0.709. The minimum atomic E-state index is -0.498. The molecule has 0 radical (unpaired) electrons. The molecule has 2 fully saturated rings. The van der Waals surface area contributed by atoms with E-state index in [2.05, 4.69) is 15.9 Å². The molecule has 3 heteroatoms. The van der Waals surface area contributed by atoms with Crippen LogP contribution in [0.25, 0.3) is 0 Å². The SMILES string of the molecule is Fc1ccc(CC(Br)C2C3CCCCC32)c(F)c1. The highest BCUT2D eigenvalue weighted by atomic mass is 79.9. The number of hydrogen-bond acceptors (Lipinski definition) is 0. The molecule has 0 bridgehead atoms. The summed E-state index contributed by atoms with van der Waals surface area (Å²) in [5.74, 6) is 1.50. The highest BCUT2D eigenvalue weighted by molar-refractivity contribution is 9.09. The van der Waals surface area contributed by atoms with E-state index in [9.17, 15) is 8.78 Å². The normalized spacial score (nSPS) is 31.8. The van der Waals surface area contributed by atoms with Crippen LogP contribution in [0.1, 0.15) is 31.2 Å². The summed E-state index contributed by atoms with van der Waals surface area (Å²) in [7, 11) is 0. The van der Waals surface area contributed by atoms with Gasteiger partial charge in [-0.25, -0.2) is 8.78 Å². The maximum Gasteiger partial charge on any atom is 0.129 e. The van der Waals surface area contributed by atoms with E-state index in [4.69, 9.17) is 0 Å². The summed E-state index contributed by atoms with van der Waals surface area (Å²) in [6.45, 7) is 0. The van der Waals surface area contributed by atoms with E-state index in [1.165, 1.54) is 31.7 Å². The van der Waals surface area contributed by atoms with E-state index in [0.29, 0.717) is 22.7 Å². The Morgan fingerprint density at radius 3 is 2.44 bits per heavy atom. The topological polar surface area (TPSA) is 0 Å². The molecular formula is C15H17BrF2. The van der Waals surface area contributed by atoms with E-state index in [-0.39, 0.29) is 0 Å². The van der Waals surface area contributed by atoms with E-state index in [0.717, 1.165) is 17.9 Å². The molecule has 0 saturated heterocycles. The predicted octanol–water partition coefficient (Wildman–Crippen LogP) is 4.71. The molecule has 2 saturated carbocycles. The molecule has 0 heterocycles. The van der Waals surface area contributed by atoms with Gasteiger partial charge in [-0.1, -0.05) is 34.8 Å². The third kappa shape index (κ3) is 2.34. The van der Waals surface area contributed by atoms with E-state index in [1.54, 1.807) is 6.07 Å². The second kappa shape index (κ2) is 4.92. The number of benzene rings is 1.